The van der Waals surface area contributed by atoms with Gasteiger partial charge in [0.25, 0.3) is 0 Å². The Labute approximate surface area is 153 Å². The largest absolute Gasteiger partial charge is 0.458 e. The number of hydrogen-bond donors (Lipinski definition) is 2. The molecule has 3 rings (SSSR count). The summed E-state index contributed by atoms with van der Waals surface area (Å²) in [5.41, 5.74) is 0.725. The van der Waals surface area contributed by atoms with E-state index in [-0.39, 0.29) is 11.8 Å². The number of nitrogens with one attached hydrogen (secondary N) is 1. The first-order valence-electron chi connectivity index (χ1n) is 8.74. The molecular formula is C18H24N2O5S. The monoisotopic (exact) mass is 380 g/mol. The first-order valence-corrected chi connectivity index (χ1v) is 10.6. The molecule has 1 saturated heterocycles. The zero-order valence-corrected chi connectivity index (χ0v) is 15.5. The second-order valence-electron chi connectivity index (χ2n) is 6.72. The molecule has 0 bridgehead atoms. The summed E-state index contributed by atoms with van der Waals surface area (Å²) in [6.07, 6.45) is 1.80. The van der Waals surface area contributed by atoms with Crippen LogP contribution in [0.2, 0.25) is 0 Å². The Kier molecular flexibility index (Phi) is 5.64. The number of nitrogens with zero attached hydrogens (tertiary/aromatic N) is 1. The minimum Gasteiger partial charge on any atom is -0.458 e. The highest BCUT2D eigenvalue weighted by Crippen LogP contribution is 2.25. The van der Waals surface area contributed by atoms with E-state index in [1.54, 1.807) is 0 Å². The van der Waals surface area contributed by atoms with E-state index in [2.05, 4.69) is 5.32 Å². The number of para-hydroxylation sites is 1. The van der Waals surface area contributed by atoms with Gasteiger partial charge in [-0.3, -0.25) is 4.79 Å². The van der Waals surface area contributed by atoms with Crippen LogP contribution in [0.1, 0.15) is 31.1 Å². The second kappa shape index (κ2) is 7.77. The van der Waals surface area contributed by atoms with Crippen LogP contribution in [0.15, 0.2) is 34.7 Å². The molecule has 0 unspecified atom stereocenters. The van der Waals surface area contributed by atoms with Gasteiger partial charge in [0.15, 0.2) is 0 Å². The van der Waals surface area contributed by atoms with Gasteiger partial charge in [0.05, 0.1) is 6.26 Å². The Balaban J connectivity index is 1.45. The van der Waals surface area contributed by atoms with Gasteiger partial charge in [-0.05, 0) is 31.4 Å². The van der Waals surface area contributed by atoms with Crippen molar-refractivity contribution in [3.8, 4) is 0 Å². The third-order valence-electron chi connectivity index (χ3n) is 4.78. The molecule has 1 aliphatic rings. The van der Waals surface area contributed by atoms with Gasteiger partial charge in [-0.1, -0.05) is 18.2 Å². The van der Waals surface area contributed by atoms with Crippen molar-refractivity contribution >= 4 is 26.9 Å². The highest BCUT2D eigenvalue weighted by Gasteiger charge is 2.28. The van der Waals surface area contributed by atoms with Gasteiger partial charge in [-0.15, -0.1) is 0 Å². The molecule has 1 aromatic heterocycles. The van der Waals surface area contributed by atoms with Crippen molar-refractivity contribution in [2.75, 3.05) is 25.9 Å². The van der Waals surface area contributed by atoms with E-state index in [9.17, 15) is 18.3 Å². The molecule has 0 aliphatic carbocycles. The summed E-state index contributed by atoms with van der Waals surface area (Å²) in [7, 11) is -3.19. The third kappa shape index (κ3) is 4.44. The Hall–Kier alpha value is -1.90. The summed E-state index contributed by atoms with van der Waals surface area (Å²) >= 11 is 0. The summed E-state index contributed by atoms with van der Waals surface area (Å²) in [6, 6.07) is 9.35. The topological polar surface area (TPSA) is 99.9 Å². The van der Waals surface area contributed by atoms with Crippen molar-refractivity contribution in [3.63, 3.8) is 0 Å². The number of amides is 1. The maximum Gasteiger partial charge on any atom is 0.223 e. The minimum absolute atomic E-state index is 0.0880. The lowest BCUT2D eigenvalue weighted by molar-refractivity contribution is -0.126. The number of sulfonamides is 1. The molecule has 1 aliphatic heterocycles. The van der Waals surface area contributed by atoms with E-state index in [1.165, 1.54) is 10.6 Å². The lowest BCUT2D eigenvalue weighted by Gasteiger charge is -2.29. The van der Waals surface area contributed by atoms with Crippen LogP contribution in [0.25, 0.3) is 11.0 Å². The van der Waals surface area contributed by atoms with Crippen LogP contribution in [0.4, 0.5) is 0 Å². The van der Waals surface area contributed by atoms with Gasteiger partial charge < -0.3 is 14.8 Å². The predicted molar refractivity (Wildman–Crippen MR) is 97.9 cm³/mol. The number of fused-ring (bicyclic) bond motifs is 1. The van der Waals surface area contributed by atoms with Crippen LogP contribution in [-0.2, 0) is 14.8 Å². The van der Waals surface area contributed by atoms with E-state index in [4.69, 9.17) is 4.42 Å². The smallest absolute Gasteiger partial charge is 0.223 e. The van der Waals surface area contributed by atoms with Crippen LogP contribution in [0.3, 0.4) is 0 Å². The summed E-state index contributed by atoms with van der Waals surface area (Å²) < 4.78 is 30.0. The standard InChI is InChI=1S/C18H24N2O5S/c1-26(23,24)20-10-7-13(8-11-20)18(22)19-9-6-15(21)17-12-14-4-2-3-5-16(14)25-17/h2-5,12-13,15,21H,6-11H2,1H3,(H,19,22)/t15-/m1/s1. The molecule has 2 heterocycles. The molecule has 0 saturated carbocycles. The van der Waals surface area contributed by atoms with Gasteiger partial charge in [-0.2, -0.15) is 0 Å². The fraction of sp³-hybridized carbons (Fsp3) is 0.500. The molecule has 1 fully saturated rings. The Morgan fingerprint density at radius 1 is 1.35 bits per heavy atom. The maximum atomic E-state index is 12.2. The van der Waals surface area contributed by atoms with Gasteiger partial charge >= 0.3 is 0 Å². The van der Waals surface area contributed by atoms with E-state index in [1.807, 2.05) is 30.3 Å². The third-order valence-corrected chi connectivity index (χ3v) is 6.09. The van der Waals surface area contributed by atoms with Crippen molar-refractivity contribution in [2.24, 2.45) is 5.92 Å². The average Bonchev–Trinajstić information content (AvgIpc) is 3.05. The Morgan fingerprint density at radius 3 is 2.69 bits per heavy atom. The minimum atomic E-state index is -3.19. The van der Waals surface area contributed by atoms with E-state index in [0.717, 1.165) is 11.0 Å². The number of aliphatic hydroxyl groups excluding tert-OH is 1. The molecule has 142 valence electrons. The fourth-order valence-corrected chi connectivity index (χ4v) is 4.11. The number of aliphatic hydroxyl groups is 1. The van der Waals surface area contributed by atoms with Gasteiger partial charge in [0, 0.05) is 30.9 Å². The van der Waals surface area contributed by atoms with Crippen LogP contribution < -0.4 is 5.32 Å². The normalized spacial score (nSPS) is 18.1. The van der Waals surface area contributed by atoms with E-state index >= 15 is 0 Å². The summed E-state index contributed by atoms with van der Waals surface area (Å²) in [5.74, 6) is 0.216. The van der Waals surface area contributed by atoms with Crippen LogP contribution in [-0.4, -0.2) is 49.6 Å². The number of rotatable bonds is 6. The SMILES string of the molecule is CS(=O)(=O)N1CCC(C(=O)NCC[C@@H](O)c2cc3ccccc3o2)CC1. The molecule has 26 heavy (non-hydrogen) atoms. The number of carbonyl (C=O) groups excluding carboxylic acids is 1. The molecule has 0 radical (unpaired) electrons. The molecule has 1 amide bonds. The summed E-state index contributed by atoms with van der Waals surface area (Å²) in [4.78, 5) is 12.2. The molecule has 1 atom stereocenters. The Morgan fingerprint density at radius 2 is 2.04 bits per heavy atom. The van der Waals surface area contributed by atoms with Crippen molar-refractivity contribution in [2.45, 2.75) is 25.4 Å². The number of piperidine rings is 1. The molecule has 1 aromatic carbocycles. The van der Waals surface area contributed by atoms with Gasteiger partial charge in [0.1, 0.15) is 17.4 Å². The van der Waals surface area contributed by atoms with Crippen LogP contribution in [0.5, 0.6) is 0 Å². The van der Waals surface area contributed by atoms with E-state index in [0.29, 0.717) is 44.7 Å². The van der Waals surface area contributed by atoms with Crippen LogP contribution >= 0.6 is 0 Å². The number of benzene rings is 1. The number of hydrogen-bond acceptors (Lipinski definition) is 5. The highest BCUT2D eigenvalue weighted by molar-refractivity contribution is 7.88. The number of carbonyl (C=O) groups is 1. The average molecular weight is 380 g/mol. The molecule has 8 heteroatoms. The predicted octanol–water partition coefficient (Wildman–Crippen LogP) is 1.64. The first-order chi connectivity index (χ1) is 12.3. The highest BCUT2D eigenvalue weighted by atomic mass is 32.2. The van der Waals surface area contributed by atoms with Crippen molar-refractivity contribution in [1.82, 2.24) is 9.62 Å². The van der Waals surface area contributed by atoms with E-state index < -0.39 is 16.1 Å². The van der Waals surface area contributed by atoms with Crippen molar-refractivity contribution < 1.29 is 22.7 Å². The lowest BCUT2D eigenvalue weighted by atomic mass is 9.97. The quantitative estimate of drug-likeness (QED) is 0.794. The van der Waals surface area contributed by atoms with Gasteiger partial charge in [-0.25, -0.2) is 12.7 Å². The lowest BCUT2D eigenvalue weighted by Crippen LogP contribution is -2.42. The molecule has 7 nitrogen and oxygen atoms in total. The fourth-order valence-electron chi connectivity index (χ4n) is 3.23. The number of furan rings is 1. The zero-order valence-electron chi connectivity index (χ0n) is 14.7. The molecule has 2 aromatic rings. The summed E-state index contributed by atoms with van der Waals surface area (Å²) in [6.45, 7) is 1.08. The summed E-state index contributed by atoms with van der Waals surface area (Å²) in [5, 5.41) is 14.0. The maximum absolute atomic E-state index is 12.2. The molecule has 0 spiro atoms. The zero-order chi connectivity index (χ0) is 18.7. The van der Waals surface area contributed by atoms with Crippen molar-refractivity contribution in [1.29, 1.82) is 0 Å². The van der Waals surface area contributed by atoms with Crippen LogP contribution in [0, 0.1) is 5.92 Å². The van der Waals surface area contributed by atoms with Crippen molar-refractivity contribution in [3.05, 3.63) is 36.1 Å². The Bertz CT molecular complexity index is 836. The van der Waals surface area contributed by atoms with Gasteiger partial charge in [0.2, 0.25) is 15.9 Å². The second-order valence-corrected chi connectivity index (χ2v) is 8.70. The molecular weight excluding hydrogens is 356 g/mol. The molecule has 2 N–H and O–H groups in total. The first kappa shape index (κ1) is 18.9.